The van der Waals surface area contributed by atoms with Gasteiger partial charge in [-0.15, -0.1) is 0 Å². The molecule has 6 nitrogen and oxygen atoms in total. The van der Waals surface area contributed by atoms with Gasteiger partial charge in [0.05, 0.1) is 13.2 Å². The van der Waals surface area contributed by atoms with Crippen molar-refractivity contribution in [2.45, 2.75) is 19.8 Å². The van der Waals surface area contributed by atoms with Gasteiger partial charge in [-0.1, -0.05) is 43.3 Å². The number of ether oxygens (including phenoxy) is 1. The van der Waals surface area contributed by atoms with Gasteiger partial charge in [-0.05, 0) is 36.6 Å². The first-order valence-corrected chi connectivity index (χ1v) is 10.3. The van der Waals surface area contributed by atoms with Crippen LogP contribution in [-0.4, -0.2) is 56.2 Å². The van der Waals surface area contributed by atoms with Crippen LogP contribution < -0.4 is 10.6 Å². The SMILES string of the molecule is CCc1ccccc1NC(=NCCCN1CCOCC1)NC(=O)c1ccccc1. The maximum Gasteiger partial charge on any atom is 0.257 e. The fourth-order valence-corrected chi connectivity index (χ4v) is 3.27. The number of hydrogen-bond donors (Lipinski definition) is 2. The quantitative estimate of drug-likeness (QED) is 0.430. The van der Waals surface area contributed by atoms with Gasteiger partial charge in [-0.3, -0.25) is 20.0 Å². The second-order valence-corrected chi connectivity index (χ2v) is 6.99. The second kappa shape index (κ2) is 11.3. The molecule has 0 atom stereocenters. The van der Waals surface area contributed by atoms with Crippen LogP contribution in [0, 0.1) is 0 Å². The number of morpholine rings is 1. The van der Waals surface area contributed by atoms with Gasteiger partial charge in [0.1, 0.15) is 0 Å². The third-order valence-corrected chi connectivity index (χ3v) is 4.93. The van der Waals surface area contributed by atoms with E-state index in [1.165, 1.54) is 5.56 Å². The van der Waals surface area contributed by atoms with E-state index in [-0.39, 0.29) is 5.91 Å². The minimum atomic E-state index is -0.168. The summed E-state index contributed by atoms with van der Waals surface area (Å²) in [5.74, 6) is 0.320. The van der Waals surface area contributed by atoms with E-state index < -0.39 is 0 Å². The molecule has 1 amide bonds. The lowest BCUT2D eigenvalue weighted by molar-refractivity contribution is 0.0377. The van der Waals surface area contributed by atoms with Crippen LogP contribution in [0.5, 0.6) is 0 Å². The summed E-state index contributed by atoms with van der Waals surface area (Å²) in [6.45, 7) is 7.30. The van der Waals surface area contributed by atoms with Crippen molar-refractivity contribution in [2.75, 3.05) is 44.7 Å². The molecular formula is C23H30N4O2. The Bertz CT molecular complexity index is 802. The zero-order chi connectivity index (χ0) is 20.3. The van der Waals surface area contributed by atoms with Crippen LogP contribution in [-0.2, 0) is 11.2 Å². The number of amides is 1. The molecule has 0 spiro atoms. The number of para-hydroxylation sites is 1. The average molecular weight is 395 g/mol. The summed E-state index contributed by atoms with van der Waals surface area (Å²) in [7, 11) is 0. The van der Waals surface area contributed by atoms with Crippen LogP contribution in [0.25, 0.3) is 0 Å². The highest BCUT2D eigenvalue weighted by Gasteiger charge is 2.11. The lowest BCUT2D eigenvalue weighted by Crippen LogP contribution is -2.38. The van der Waals surface area contributed by atoms with Crippen LogP contribution in [0.3, 0.4) is 0 Å². The van der Waals surface area contributed by atoms with Gasteiger partial charge in [0.15, 0.2) is 0 Å². The fraction of sp³-hybridized carbons (Fsp3) is 0.391. The van der Waals surface area contributed by atoms with E-state index in [1.807, 2.05) is 36.4 Å². The first-order valence-electron chi connectivity index (χ1n) is 10.3. The molecule has 0 saturated carbocycles. The van der Waals surface area contributed by atoms with Crippen molar-refractivity contribution in [3.05, 3.63) is 65.7 Å². The molecule has 0 unspecified atom stereocenters. The number of carbonyl (C=O) groups is 1. The Morgan fingerprint density at radius 1 is 1.07 bits per heavy atom. The number of nitrogens with zero attached hydrogens (tertiary/aromatic N) is 2. The van der Waals surface area contributed by atoms with E-state index in [9.17, 15) is 4.79 Å². The van der Waals surface area contributed by atoms with Gasteiger partial charge in [-0.2, -0.15) is 0 Å². The molecule has 2 aromatic carbocycles. The number of carbonyl (C=O) groups excluding carboxylic acids is 1. The Morgan fingerprint density at radius 3 is 2.55 bits per heavy atom. The molecule has 29 heavy (non-hydrogen) atoms. The summed E-state index contributed by atoms with van der Waals surface area (Å²) in [6.07, 6.45) is 1.84. The average Bonchev–Trinajstić information content (AvgIpc) is 2.78. The van der Waals surface area contributed by atoms with Crippen molar-refractivity contribution in [2.24, 2.45) is 4.99 Å². The number of anilines is 1. The third kappa shape index (κ3) is 6.69. The van der Waals surface area contributed by atoms with Crippen LogP contribution in [0.2, 0.25) is 0 Å². The summed E-state index contributed by atoms with van der Waals surface area (Å²) >= 11 is 0. The predicted molar refractivity (Wildman–Crippen MR) is 118 cm³/mol. The molecule has 2 aromatic rings. The number of aryl methyl sites for hydroxylation is 1. The van der Waals surface area contributed by atoms with Crippen LogP contribution in [0.15, 0.2) is 59.6 Å². The number of aliphatic imine (C=N–C) groups is 1. The first kappa shape index (κ1) is 21.0. The monoisotopic (exact) mass is 394 g/mol. The summed E-state index contributed by atoms with van der Waals surface area (Å²) in [4.78, 5) is 19.7. The molecule has 1 aliphatic rings. The van der Waals surface area contributed by atoms with Crippen molar-refractivity contribution < 1.29 is 9.53 Å². The Balaban J connectivity index is 1.65. The highest BCUT2D eigenvalue weighted by Crippen LogP contribution is 2.15. The molecule has 2 N–H and O–H groups in total. The molecule has 1 heterocycles. The van der Waals surface area contributed by atoms with Crippen molar-refractivity contribution in [3.63, 3.8) is 0 Å². The highest BCUT2D eigenvalue weighted by molar-refractivity contribution is 6.10. The zero-order valence-corrected chi connectivity index (χ0v) is 17.1. The molecule has 1 aliphatic heterocycles. The minimum absolute atomic E-state index is 0.168. The first-order chi connectivity index (χ1) is 14.3. The number of rotatable bonds is 7. The van der Waals surface area contributed by atoms with E-state index in [2.05, 4.69) is 33.5 Å². The summed E-state index contributed by atoms with van der Waals surface area (Å²) in [6, 6.07) is 17.3. The fourth-order valence-electron chi connectivity index (χ4n) is 3.27. The molecule has 1 saturated heterocycles. The molecule has 6 heteroatoms. The number of guanidine groups is 1. The summed E-state index contributed by atoms with van der Waals surface area (Å²) < 4.78 is 5.39. The van der Waals surface area contributed by atoms with Crippen LogP contribution >= 0.6 is 0 Å². The molecule has 0 radical (unpaired) electrons. The number of hydrogen-bond acceptors (Lipinski definition) is 4. The van der Waals surface area contributed by atoms with Crippen molar-refractivity contribution in [3.8, 4) is 0 Å². The molecule has 3 rings (SSSR count). The standard InChI is InChI=1S/C23H30N4O2/c1-2-19-9-6-7-12-21(19)25-23(26-22(28)20-10-4-3-5-11-20)24-13-8-14-27-15-17-29-18-16-27/h3-7,9-12H,2,8,13-18H2,1H3,(H2,24,25,26,28). The zero-order valence-electron chi connectivity index (χ0n) is 17.1. The van der Waals surface area contributed by atoms with E-state index in [0.29, 0.717) is 18.1 Å². The summed E-state index contributed by atoms with van der Waals surface area (Å²) in [5.41, 5.74) is 2.76. The highest BCUT2D eigenvalue weighted by atomic mass is 16.5. The Kier molecular flexibility index (Phi) is 8.22. The third-order valence-electron chi connectivity index (χ3n) is 4.93. The van der Waals surface area contributed by atoms with E-state index in [1.54, 1.807) is 12.1 Å². The lowest BCUT2D eigenvalue weighted by atomic mass is 10.1. The smallest absolute Gasteiger partial charge is 0.257 e. The van der Waals surface area contributed by atoms with Gasteiger partial charge < -0.3 is 10.1 Å². The van der Waals surface area contributed by atoms with Crippen molar-refractivity contribution >= 4 is 17.6 Å². The Hall–Kier alpha value is -2.70. The van der Waals surface area contributed by atoms with E-state index in [4.69, 9.17) is 4.74 Å². The maximum atomic E-state index is 12.6. The maximum absolute atomic E-state index is 12.6. The normalized spacial score (nSPS) is 15.1. The summed E-state index contributed by atoms with van der Waals surface area (Å²) in [5, 5.41) is 6.26. The van der Waals surface area contributed by atoms with Gasteiger partial charge in [0.2, 0.25) is 5.96 Å². The van der Waals surface area contributed by atoms with Gasteiger partial charge in [0, 0.05) is 37.4 Å². The molecule has 154 valence electrons. The molecule has 0 bridgehead atoms. The van der Waals surface area contributed by atoms with E-state index in [0.717, 1.165) is 51.4 Å². The molecular weight excluding hydrogens is 364 g/mol. The Morgan fingerprint density at radius 2 is 1.79 bits per heavy atom. The predicted octanol–water partition coefficient (Wildman–Crippen LogP) is 3.17. The molecule has 0 aromatic heterocycles. The molecule has 0 aliphatic carbocycles. The number of nitrogens with one attached hydrogen (secondary N) is 2. The topological polar surface area (TPSA) is 66.0 Å². The minimum Gasteiger partial charge on any atom is -0.379 e. The lowest BCUT2D eigenvalue weighted by Gasteiger charge is -2.26. The van der Waals surface area contributed by atoms with Gasteiger partial charge in [0.25, 0.3) is 5.91 Å². The van der Waals surface area contributed by atoms with Gasteiger partial charge >= 0.3 is 0 Å². The van der Waals surface area contributed by atoms with Crippen molar-refractivity contribution in [1.82, 2.24) is 10.2 Å². The largest absolute Gasteiger partial charge is 0.379 e. The molecule has 1 fully saturated rings. The second-order valence-electron chi connectivity index (χ2n) is 6.99. The van der Waals surface area contributed by atoms with Gasteiger partial charge in [-0.25, -0.2) is 0 Å². The van der Waals surface area contributed by atoms with E-state index >= 15 is 0 Å². The number of benzene rings is 2. The van der Waals surface area contributed by atoms with Crippen LogP contribution in [0.4, 0.5) is 5.69 Å². The van der Waals surface area contributed by atoms with Crippen molar-refractivity contribution in [1.29, 1.82) is 0 Å². The Labute approximate surface area is 173 Å². The van der Waals surface area contributed by atoms with Crippen LogP contribution in [0.1, 0.15) is 29.3 Å².